The Morgan fingerprint density at radius 3 is 0.783 bits per heavy atom. The van der Waals surface area contributed by atoms with Crippen molar-refractivity contribution in [1.29, 1.82) is 0 Å². The van der Waals surface area contributed by atoms with Gasteiger partial charge in [-0.1, -0.05) is 298 Å². The largest absolute Gasteiger partial charge is 0.478 e. The van der Waals surface area contributed by atoms with Crippen molar-refractivity contribution in [3.8, 4) is 0 Å². The van der Waals surface area contributed by atoms with Gasteiger partial charge in [0.1, 0.15) is 0 Å². The van der Waals surface area contributed by atoms with Crippen molar-refractivity contribution >= 4 is 5.97 Å². The van der Waals surface area contributed by atoms with E-state index in [2.05, 4.69) is 0 Å². The van der Waals surface area contributed by atoms with Gasteiger partial charge in [-0.2, -0.15) is 0 Å². The third kappa shape index (κ3) is 26.2. The second-order valence-electron chi connectivity index (χ2n) is 12.3. The number of nitrogens with zero attached hydrogens (tertiary/aromatic N) is 1. The predicted octanol–water partition coefficient (Wildman–Crippen LogP) is 14.1. The first-order valence-corrected chi connectivity index (χ1v) is 19.7. The minimum absolute atomic E-state index is 0.148. The van der Waals surface area contributed by atoms with E-state index in [1.807, 2.05) is 323 Å². The van der Waals surface area contributed by atoms with Gasteiger partial charge in [0.25, 0.3) is 0 Å². The van der Waals surface area contributed by atoms with Crippen LogP contribution < -0.4 is 0 Å². The molecular formula is C57H57NO2. The van der Waals surface area contributed by atoms with Gasteiger partial charge in [0.05, 0.1) is 11.3 Å². The highest BCUT2D eigenvalue weighted by molar-refractivity contribution is 5.95. The lowest BCUT2D eigenvalue weighted by molar-refractivity contribution is -0.132. The summed E-state index contributed by atoms with van der Waals surface area (Å²) in [5.74, 6) is -1.05. The number of carboxylic acids is 1. The zero-order chi connectivity index (χ0) is 42.8. The molecule has 0 atom stereocenters. The van der Waals surface area contributed by atoms with E-state index in [9.17, 15) is 9.90 Å². The number of carboxylic acid groups (broad SMARTS) is 1. The van der Waals surface area contributed by atoms with E-state index in [0.717, 1.165) is 0 Å². The molecule has 0 saturated heterocycles. The smallest absolute Gasteiger partial charge is 0.338 e. The molecule has 0 radical (unpaired) electrons. The normalized spacial score (nSPS) is 16.5. The highest BCUT2D eigenvalue weighted by Gasteiger charge is 2.21. The zero-order valence-electron chi connectivity index (χ0n) is 34.7. The van der Waals surface area contributed by atoms with Crippen LogP contribution in [0, 0.1) is 0 Å². The Morgan fingerprint density at radius 2 is 0.533 bits per heavy atom. The van der Waals surface area contributed by atoms with Gasteiger partial charge < -0.3 is 10.0 Å². The first-order chi connectivity index (χ1) is 29.6. The van der Waals surface area contributed by atoms with Crippen molar-refractivity contribution in [3.63, 3.8) is 0 Å². The fraction of sp³-hybridized carbons (Fsp3) is 0.0351. The number of hydrogen-bond donors (Lipinski definition) is 1. The molecule has 0 fully saturated rings. The molecule has 0 saturated carbocycles. The Bertz CT molecular complexity index is 2170. The monoisotopic (exact) mass is 787 g/mol. The molecule has 2 aliphatic carbocycles. The van der Waals surface area contributed by atoms with E-state index in [-0.39, 0.29) is 5.57 Å². The summed E-state index contributed by atoms with van der Waals surface area (Å²) in [4.78, 5) is 15.1. The van der Waals surface area contributed by atoms with Gasteiger partial charge in [-0.15, -0.1) is 0 Å². The Labute approximate surface area is 359 Å². The summed E-state index contributed by atoms with van der Waals surface area (Å²) in [6.45, 7) is 0. The highest BCUT2D eigenvalue weighted by Crippen LogP contribution is 2.27. The summed E-state index contributed by atoms with van der Waals surface area (Å²) in [5.41, 5.74) is 1.91. The zero-order valence-corrected chi connectivity index (χ0v) is 34.7. The quantitative estimate of drug-likeness (QED) is 0.303. The molecule has 0 aliphatic heterocycles. The summed E-state index contributed by atoms with van der Waals surface area (Å²) < 4.78 is 0. The maximum absolute atomic E-state index is 13.3. The molecular weight excluding hydrogens is 731 g/mol. The lowest BCUT2D eigenvalue weighted by Crippen LogP contribution is -2.18. The van der Waals surface area contributed by atoms with Gasteiger partial charge in [-0.3, -0.25) is 0 Å². The van der Waals surface area contributed by atoms with Crippen LogP contribution in [0.15, 0.2) is 326 Å². The number of aliphatic carboxylic acids is 1. The number of fused-ring (bicyclic) bond motifs is 1. The van der Waals surface area contributed by atoms with Crippen molar-refractivity contribution < 1.29 is 9.90 Å². The number of carbonyl (C=O) groups is 1. The molecule has 0 aromatic rings. The number of rotatable bonds is 2. The van der Waals surface area contributed by atoms with Crippen LogP contribution >= 0.6 is 0 Å². The Kier molecular flexibility index (Phi) is 28.8. The van der Waals surface area contributed by atoms with Crippen LogP contribution in [-0.4, -0.2) is 30.1 Å². The van der Waals surface area contributed by atoms with E-state index >= 15 is 0 Å². The van der Waals surface area contributed by atoms with Gasteiger partial charge >= 0.3 is 5.97 Å². The minimum atomic E-state index is -1.05. The average Bonchev–Trinajstić information content (AvgIpc) is 3.23. The molecule has 3 heteroatoms. The molecule has 0 spiro atoms. The lowest BCUT2D eigenvalue weighted by Gasteiger charge is -2.20. The predicted molar refractivity (Wildman–Crippen MR) is 264 cm³/mol. The molecule has 0 amide bonds. The van der Waals surface area contributed by atoms with Crippen molar-refractivity contribution in [2.45, 2.75) is 0 Å². The molecule has 302 valence electrons. The summed E-state index contributed by atoms with van der Waals surface area (Å²) in [7, 11) is 3.69. The summed E-state index contributed by atoms with van der Waals surface area (Å²) in [6.07, 6.45) is 96.8. The summed E-state index contributed by atoms with van der Waals surface area (Å²) in [5, 5.41) is 10.9. The van der Waals surface area contributed by atoms with Gasteiger partial charge in [0, 0.05) is 14.1 Å². The van der Waals surface area contributed by atoms with E-state index in [0.29, 0.717) is 16.8 Å². The number of likely N-dealkylation sites (N-methyl/N-ethyl adjacent to an activating group) is 1. The van der Waals surface area contributed by atoms with Crippen LogP contribution in [0.25, 0.3) is 0 Å². The Morgan fingerprint density at radius 1 is 0.317 bits per heavy atom. The molecule has 0 aromatic heterocycles. The SMILES string of the molecule is CN(C)C1=C(C(=O)O)C2=CC=CC=CC=CC=CC=CC=CC=CC=CC=CC=CC=CC=CC=C2C=CC=CC=CC=CC=CC=CC=CC=CC=CC=CC=CC=C1. The molecule has 0 heterocycles. The molecule has 1 N–H and O–H groups in total. The summed E-state index contributed by atoms with van der Waals surface area (Å²) in [6, 6.07) is 0. The van der Waals surface area contributed by atoms with Crippen LogP contribution in [0.1, 0.15) is 0 Å². The Balaban J connectivity index is 2.77. The lowest BCUT2D eigenvalue weighted by atomic mass is 9.93. The van der Waals surface area contributed by atoms with Crippen LogP contribution in [0.3, 0.4) is 0 Å². The Hall–Kier alpha value is -7.75. The maximum Gasteiger partial charge on any atom is 0.338 e. The number of hydrogen-bond acceptors (Lipinski definition) is 2. The molecule has 2 aliphatic rings. The molecule has 2 rings (SSSR count). The molecule has 3 nitrogen and oxygen atoms in total. The van der Waals surface area contributed by atoms with Gasteiger partial charge in [-0.05, 0) is 17.2 Å². The highest BCUT2D eigenvalue weighted by atomic mass is 16.4. The molecule has 0 unspecified atom stereocenters. The van der Waals surface area contributed by atoms with Crippen LogP contribution in [-0.2, 0) is 4.79 Å². The van der Waals surface area contributed by atoms with Crippen LogP contribution in [0.2, 0.25) is 0 Å². The standard InChI is InChI=1S/C57H57NO2/c1-58(2)55-52-48-44-40-36-32-28-24-20-16-12-8-7-10-14-18-22-26-30-34-38-42-46-50-53-49-45-41-37-33-29-25-21-17-13-9-5-3-4-6-11-15-19-23-27-31-35-39-43-47-51-54(53)56(55)57(59)60/h3-52H,1-2H3,(H,59,60). The van der Waals surface area contributed by atoms with Crippen molar-refractivity contribution in [1.82, 2.24) is 4.90 Å². The average molecular weight is 788 g/mol. The van der Waals surface area contributed by atoms with Crippen LogP contribution in [0.4, 0.5) is 0 Å². The van der Waals surface area contributed by atoms with Gasteiger partial charge in [0.15, 0.2) is 0 Å². The fourth-order valence-electron chi connectivity index (χ4n) is 4.69. The first-order valence-electron chi connectivity index (χ1n) is 19.7. The maximum atomic E-state index is 13.3. The fourth-order valence-corrected chi connectivity index (χ4v) is 4.69. The first kappa shape index (κ1) is 48.4. The molecule has 0 bridgehead atoms. The third-order valence-electron chi connectivity index (χ3n) is 7.49. The van der Waals surface area contributed by atoms with Gasteiger partial charge in [0.2, 0.25) is 0 Å². The summed E-state index contributed by atoms with van der Waals surface area (Å²) >= 11 is 0. The van der Waals surface area contributed by atoms with E-state index < -0.39 is 5.97 Å². The van der Waals surface area contributed by atoms with Crippen molar-refractivity contribution in [2.24, 2.45) is 0 Å². The topological polar surface area (TPSA) is 40.5 Å². The van der Waals surface area contributed by atoms with Crippen molar-refractivity contribution in [3.05, 3.63) is 326 Å². The van der Waals surface area contributed by atoms with E-state index in [1.165, 1.54) is 0 Å². The minimum Gasteiger partial charge on any atom is -0.478 e. The second kappa shape index (κ2) is 35.6. The van der Waals surface area contributed by atoms with Gasteiger partial charge in [-0.25, -0.2) is 4.79 Å². The number of allylic oxidation sites excluding steroid dienone is 51. The third-order valence-corrected chi connectivity index (χ3v) is 7.49. The molecule has 0 aromatic carbocycles. The second-order valence-corrected chi connectivity index (χ2v) is 12.3. The van der Waals surface area contributed by atoms with Crippen molar-refractivity contribution in [2.75, 3.05) is 14.1 Å². The van der Waals surface area contributed by atoms with E-state index in [4.69, 9.17) is 0 Å². The molecule has 60 heavy (non-hydrogen) atoms. The van der Waals surface area contributed by atoms with E-state index in [1.54, 1.807) is 0 Å². The van der Waals surface area contributed by atoms with Crippen LogP contribution in [0.5, 0.6) is 0 Å².